The fourth-order valence-electron chi connectivity index (χ4n) is 2.18. The van der Waals surface area contributed by atoms with Crippen molar-refractivity contribution >= 4 is 5.91 Å². The van der Waals surface area contributed by atoms with Crippen LogP contribution in [0, 0.1) is 0 Å². The first-order valence-corrected chi connectivity index (χ1v) is 6.99. The minimum absolute atomic E-state index is 0.0196. The van der Waals surface area contributed by atoms with Crippen molar-refractivity contribution in [1.29, 1.82) is 0 Å². The van der Waals surface area contributed by atoms with E-state index in [1.165, 1.54) is 0 Å². The van der Waals surface area contributed by atoms with E-state index in [0.29, 0.717) is 26.0 Å². The third-order valence-electron chi connectivity index (χ3n) is 3.30. The molecule has 1 atom stereocenters. The summed E-state index contributed by atoms with van der Waals surface area (Å²) in [7, 11) is 0. The van der Waals surface area contributed by atoms with E-state index in [0.717, 1.165) is 17.3 Å². The van der Waals surface area contributed by atoms with Crippen LogP contribution in [0.4, 0.5) is 0 Å². The predicted octanol–water partition coefficient (Wildman–Crippen LogP) is 2.52. The van der Waals surface area contributed by atoms with Gasteiger partial charge in [0.05, 0.1) is 12.8 Å². The summed E-state index contributed by atoms with van der Waals surface area (Å²) < 4.78 is 16.6. The second kappa shape index (κ2) is 6.35. The van der Waals surface area contributed by atoms with E-state index < -0.39 is 0 Å². The van der Waals surface area contributed by atoms with Crippen molar-refractivity contribution < 1.29 is 18.7 Å². The van der Waals surface area contributed by atoms with Gasteiger partial charge in [-0.25, -0.2) is 0 Å². The first-order valence-electron chi connectivity index (χ1n) is 6.99. The maximum Gasteiger partial charge on any atom is 0.220 e. The summed E-state index contributed by atoms with van der Waals surface area (Å²) in [6.07, 6.45) is 2.52. The van der Waals surface area contributed by atoms with Crippen LogP contribution in [-0.4, -0.2) is 18.6 Å². The van der Waals surface area contributed by atoms with Crippen molar-refractivity contribution in [3.8, 4) is 11.5 Å². The van der Waals surface area contributed by atoms with E-state index in [1.54, 1.807) is 12.3 Å². The number of fused-ring (bicyclic) bond motifs is 1. The summed E-state index contributed by atoms with van der Waals surface area (Å²) in [5, 5.41) is 2.81. The molecular formula is C16H17NO4. The topological polar surface area (TPSA) is 60.7 Å². The molecule has 1 aliphatic heterocycles. The van der Waals surface area contributed by atoms with Gasteiger partial charge in [0.25, 0.3) is 0 Å². The van der Waals surface area contributed by atoms with Crippen LogP contribution in [0.5, 0.6) is 11.5 Å². The van der Waals surface area contributed by atoms with E-state index in [9.17, 15) is 4.79 Å². The van der Waals surface area contributed by atoms with E-state index in [4.69, 9.17) is 13.9 Å². The van der Waals surface area contributed by atoms with Gasteiger partial charge in [0.2, 0.25) is 5.91 Å². The normalized spacial score (nSPS) is 16.5. The SMILES string of the molecule is O=C(CC[C@@H]1COc2ccccc2O1)NCc1ccco1. The van der Waals surface area contributed by atoms with Crippen LogP contribution in [0.25, 0.3) is 0 Å². The molecule has 0 saturated heterocycles. The highest BCUT2D eigenvalue weighted by Gasteiger charge is 2.21. The Balaban J connectivity index is 1.42. The van der Waals surface area contributed by atoms with E-state index in [1.807, 2.05) is 30.3 Å². The Morgan fingerprint density at radius 3 is 2.86 bits per heavy atom. The van der Waals surface area contributed by atoms with Crippen molar-refractivity contribution in [2.45, 2.75) is 25.5 Å². The molecule has 2 aromatic rings. The number of rotatable bonds is 5. The molecule has 21 heavy (non-hydrogen) atoms. The van der Waals surface area contributed by atoms with Gasteiger partial charge in [-0.05, 0) is 30.7 Å². The Hall–Kier alpha value is -2.43. The molecule has 0 saturated carbocycles. The molecule has 1 N–H and O–H groups in total. The number of amides is 1. The molecule has 1 aliphatic rings. The Bertz CT molecular complexity index is 594. The van der Waals surface area contributed by atoms with Gasteiger partial charge < -0.3 is 19.2 Å². The van der Waals surface area contributed by atoms with Crippen LogP contribution in [0.1, 0.15) is 18.6 Å². The predicted molar refractivity (Wildman–Crippen MR) is 76.1 cm³/mol. The Morgan fingerprint density at radius 2 is 2.05 bits per heavy atom. The quantitative estimate of drug-likeness (QED) is 0.918. The largest absolute Gasteiger partial charge is 0.486 e. The molecule has 1 aromatic carbocycles. The van der Waals surface area contributed by atoms with Crippen LogP contribution in [-0.2, 0) is 11.3 Å². The molecular weight excluding hydrogens is 270 g/mol. The maximum absolute atomic E-state index is 11.8. The lowest BCUT2D eigenvalue weighted by Gasteiger charge is -2.26. The lowest BCUT2D eigenvalue weighted by molar-refractivity contribution is -0.121. The van der Waals surface area contributed by atoms with Crippen LogP contribution >= 0.6 is 0 Å². The molecule has 0 bridgehead atoms. The van der Waals surface area contributed by atoms with Crippen molar-refractivity contribution in [3.63, 3.8) is 0 Å². The first-order chi connectivity index (χ1) is 10.3. The van der Waals surface area contributed by atoms with E-state index in [-0.39, 0.29) is 12.0 Å². The fraction of sp³-hybridized carbons (Fsp3) is 0.312. The zero-order valence-corrected chi connectivity index (χ0v) is 11.6. The third-order valence-corrected chi connectivity index (χ3v) is 3.30. The summed E-state index contributed by atoms with van der Waals surface area (Å²) in [5.41, 5.74) is 0. The van der Waals surface area contributed by atoms with Gasteiger partial charge in [0, 0.05) is 6.42 Å². The van der Waals surface area contributed by atoms with Crippen molar-refractivity contribution in [2.24, 2.45) is 0 Å². The van der Waals surface area contributed by atoms with Gasteiger partial charge in [-0.15, -0.1) is 0 Å². The average molecular weight is 287 g/mol. The first kappa shape index (κ1) is 13.5. The molecule has 3 rings (SSSR count). The second-order valence-electron chi connectivity index (χ2n) is 4.89. The van der Waals surface area contributed by atoms with Crippen molar-refractivity contribution in [2.75, 3.05) is 6.61 Å². The van der Waals surface area contributed by atoms with Gasteiger partial charge in [0.15, 0.2) is 11.5 Å². The lowest BCUT2D eigenvalue weighted by Crippen LogP contribution is -2.31. The summed E-state index contributed by atoms with van der Waals surface area (Å²) in [5.74, 6) is 2.23. The Labute approximate surface area is 122 Å². The number of carbonyl (C=O) groups excluding carboxylic acids is 1. The zero-order chi connectivity index (χ0) is 14.5. The number of hydrogen-bond acceptors (Lipinski definition) is 4. The Morgan fingerprint density at radius 1 is 1.19 bits per heavy atom. The molecule has 0 radical (unpaired) electrons. The molecule has 0 spiro atoms. The highest BCUT2D eigenvalue weighted by atomic mass is 16.6. The zero-order valence-electron chi connectivity index (χ0n) is 11.6. The van der Waals surface area contributed by atoms with E-state index in [2.05, 4.69) is 5.32 Å². The molecule has 5 heteroatoms. The summed E-state index contributed by atoms with van der Waals surface area (Å²) in [6, 6.07) is 11.2. The maximum atomic E-state index is 11.8. The van der Waals surface area contributed by atoms with Gasteiger partial charge in [-0.2, -0.15) is 0 Å². The minimum atomic E-state index is -0.0886. The summed E-state index contributed by atoms with van der Waals surface area (Å²) in [4.78, 5) is 11.8. The lowest BCUT2D eigenvalue weighted by atomic mass is 10.1. The number of ether oxygens (including phenoxy) is 2. The average Bonchev–Trinajstić information content (AvgIpc) is 3.04. The molecule has 110 valence electrons. The van der Waals surface area contributed by atoms with Gasteiger partial charge in [-0.1, -0.05) is 12.1 Å². The second-order valence-corrected chi connectivity index (χ2v) is 4.89. The number of hydrogen-bond donors (Lipinski definition) is 1. The van der Waals surface area contributed by atoms with Gasteiger partial charge >= 0.3 is 0 Å². The third kappa shape index (κ3) is 3.56. The highest BCUT2D eigenvalue weighted by molar-refractivity contribution is 5.75. The van der Waals surface area contributed by atoms with Crippen LogP contribution in [0.3, 0.4) is 0 Å². The van der Waals surface area contributed by atoms with Crippen LogP contribution in [0.2, 0.25) is 0 Å². The van der Waals surface area contributed by atoms with Gasteiger partial charge in [0.1, 0.15) is 18.5 Å². The van der Waals surface area contributed by atoms with Crippen LogP contribution in [0.15, 0.2) is 47.1 Å². The molecule has 0 aliphatic carbocycles. The van der Waals surface area contributed by atoms with Crippen LogP contribution < -0.4 is 14.8 Å². The number of carbonyl (C=O) groups is 1. The standard InChI is InChI=1S/C16H17NO4/c18-16(17-10-12-4-3-9-19-12)8-7-13-11-20-14-5-1-2-6-15(14)21-13/h1-6,9,13H,7-8,10-11H2,(H,17,18)/t13-/m1/s1. The Kier molecular flexibility index (Phi) is 4.09. The van der Waals surface area contributed by atoms with Gasteiger partial charge in [-0.3, -0.25) is 4.79 Å². The summed E-state index contributed by atoms with van der Waals surface area (Å²) in [6.45, 7) is 0.888. The monoisotopic (exact) mass is 287 g/mol. The number of furan rings is 1. The molecule has 2 heterocycles. The number of para-hydroxylation sites is 2. The van der Waals surface area contributed by atoms with E-state index >= 15 is 0 Å². The molecule has 0 unspecified atom stereocenters. The smallest absolute Gasteiger partial charge is 0.220 e. The minimum Gasteiger partial charge on any atom is -0.486 e. The van der Waals surface area contributed by atoms with Crippen molar-refractivity contribution in [3.05, 3.63) is 48.4 Å². The number of nitrogens with one attached hydrogen (secondary N) is 1. The summed E-state index contributed by atoms with van der Waals surface area (Å²) >= 11 is 0. The molecule has 5 nitrogen and oxygen atoms in total. The van der Waals surface area contributed by atoms with Crippen molar-refractivity contribution in [1.82, 2.24) is 5.32 Å². The highest BCUT2D eigenvalue weighted by Crippen LogP contribution is 2.31. The molecule has 1 aromatic heterocycles. The molecule has 1 amide bonds. The number of benzene rings is 1. The fourth-order valence-corrected chi connectivity index (χ4v) is 2.18. The molecule has 0 fully saturated rings.